The molecule has 1 aliphatic rings. The molecule has 1 aliphatic heterocycles. The lowest BCUT2D eigenvalue weighted by molar-refractivity contribution is -0.262. The molecule has 1 aromatic carbocycles. The van der Waals surface area contributed by atoms with Crippen molar-refractivity contribution >= 4 is 0 Å². The Hall–Kier alpha value is -1.82. The molecule has 3 nitrogen and oxygen atoms in total. The number of nitrogens with zero attached hydrogens (tertiary/aromatic N) is 2. The highest BCUT2D eigenvalue weighted by Gasteiger charge is 2.54. The third-order valence-electron chi connectivity index (χ3n) is 4.03. The minimum absolute atomic E-state index is 0.193. The van der Waals surface area contributed by atoms with Crippen molar-refractivity contribution in [3.8, 4) is 11.3 Å². The number of aliphatic hydroxyl groups is 1. The van der Waals surface area contributed by atoms with Crippen molar-refractivity contribution in [1.29, 1.82) is 0 Å². The standard InChI is InChI=1S/C15H15F3N2O/c1-9-7-10-5-3-4-6-11(10)12-8-19-13(20(9)12)14(2,21)15(16,17)18/h3-6,8-9,21H,7H2,1-2H3/t9-,14?/m1/s1. The number of hydrogen-bond donors (Lipinski definition) is 1. The number of imidazole rings is 1. The van der Waals surface area contributed by atoms with Gasteiger partial charge in [-0.25, -0.2) is 4.98 Å². The van der Waals surface area contributed by atoms with Crippen LogP contribution in [-0.4, -0.2) is 20.8 Å². The molecule has 0 saturated carbocycles. The Kier molecular flexibility index (Phi) is 2.92. The number of alkyl halides is 3. The van der Waals surface area contributed by atoms with Gasteiger partial charge in [0.1, 0.15) is 0 Å². The van der Waals surface area contributed by atoms with Crippen molar-refractivity contribution in [2.75, 3.05) is 0 Å². The molecule has 2 atom stereocenters. The molecule has 0 aliphatic carbocycles. The molecular formula is C15H15F3N2O. The number of halogens is 3. The smallest absolute Gasteiger partial charge is 0.374 e. The van der Waals surface area contributed by atoms with E-state index in [1.54, 1.807) is 0 Å². The molecule has 1 unspecified atom stereocenters. The summed E-state index contributed by atoms with van der Waals surface area (Å²) in [5.74, 6) is -0.355. The van der Waals surface area contributed by atoms with Crippen LogP contribution in [0.2, 0.25) is 0 Å². The predicted molar refractivity (Wildman–Crippen MR) is 71.7 cm³/mol. The fourth-order valence-corrected chi connectivity index (χ4v) is 2.85. The van der Waals surface area contributed by atoms with Crippen LogP contribution in [0.4, 0.5) is 13.2 Å². The Morgan fingerprint density at radius 2 is 1.95 bits per heavy atom. The molecular weight excluding hydrogens is 281 g/mol. The van der Waals surface area contributed by atoms with Crippen LogP contribution in [0, 0.1) is 0 Å². The molecule has 0 fully saturated rings. The topological polar surface area (TPSA) is 38.1 Å². The van der Waals surface area contributed by atoms with Crippen molar-refractivity contribution in [1.82, 2.24) is 9.55 Å². The summed E-state index contributed by atoms with van der Waals surface area (Å²) in [6.07, 6.45) is -2.75. The fourth-order valence-electron chi connectivity index (χ4n) is 2.85. The summed E-state index contributed by atoms with van der Waals surface area (Å²) in [4.78, 5) is 3.88. The maximum Gasteiger partial charge on any atom is 0.424 e. The van der Waals surface area contributed by atoms with Gasteiger partial charge in [-0.3, -0.25) is 0 Å². The number of hydrogen-bond acceptors (Lipinski definition) is 2. The van der Waals surface area contributed by atoms with Crippen LogP contribution in [0.1, 0.15) is 31.3 Å². The van der Waals surface area contributed by atoms with E-state index < -0.39 is 11.8 Å². The quantitative estimate of drug-likeness (QED) is 0.875. The lowest BCUT2D eigenvalue weighted by atomic mass is 9.94. The van der Waals surface area contributed by atoms with Crippen LogP contribution in [0.3, 0.4) is 0 Å². The minimum atomic E-state index is -4.77. The first-order chi connectivity index (χ1) is 9.73. The number of rotatable bonds is 1. The third-order valence-corrected chi connectivity index (χ3v) is 4.03. The van der Waals surface area contributed by atoms with Crippen molar-refractivity contribution in [3.05, 3.63) is 41.9 Å². The first-order valence-electron chi connectivity index (χ1n) is 6.68. The van der Waals surface area contributed by atoms with Gasteiger partial charge in [-0.05, 0) is 25.8 Å². The molecule has 0 amide bonds. The highest BCUT2D eigenvalue weighted by atomic mass is 19.4. The van der Waals surface area contributed by atoms with Crippen molar-refractivity contribution < 1.29 is 18.3 Å². The van der Waals surface area contributed by atoms with Gasteiger partial charge in [-0.1, -0.05) is 24.3 Å². The van der Waals surface area contributed by atoms with Crippen LogP contribution in [-0.2, 0) is 12.0 Å². The number of aromatic nitrogens is 2. The molecule has 0 bridgehead atoms. The molecule has 6 heteroatoms. The SMILES string of the molecule is C[C@@H]1Cc2ccccc2-c2cnc(C(C)(O)C(F)(F)F)n21. The Bertz CT molecular complexity index is 688. The molecule has 0 radical (unpaired) electrons. The summed E-state index contributed by atoms with van der Waals surface area (Å²) >= 11 is 0. The summed E-state index contributed by atoms with van der Waals surface area (Å²) in [7, 11) is 0. The fraction of sp³-hybridized carbons (Fsp3) is 0.400. The highest BCUT2D eigenvalue weighted by Crippen LogP contribution is 2.43. The highest BCUT2D eigenvalue weighted by molar-refractivity contribution is 5.66. The lowest BCUT2D eigenvalue weighted by Crippen LogP contribution is -2.42. The maximum absolute atomic E-state index is 13.1. The van der Waals surface area contributed by atoms with E-state index in [1.165, 1.54) is 10.8 Å². The molecule has 1 aromatic heterocycles. The molecule has 0 spiro atoms. The van der Waals surface area contributed by atoms with Crippen LogP contribution in [0.25, 0.3) is 11.3 Å². The van der Waals surface area contributed by atoms with E-state index in [0.717, 1.165) is 18.1 Å². The van der Waals surface area contributed by atoms with E-state index in [2.05, 4.69) is 4.98 Å². The summed E-state index contributed by atoms with van der Waals surface area (Å²) in [5.41, 5.74) is -0.405. The molecule has 21 heavy (non-hydrogen) atoms. The Morgan fingerprint density at radius 3 is 2.62 bits per heavy atom. The summed E-state index contributed by atoms with van der Waals surface area (Å²) < 4.78 is 40.8. The van der Waals surface area contributed by atoms with E-state index in [9.17, 15) is 18.3 Å². The van der Waals surface area contributed by atoms with E-state index in [0.29, 0.717) is 12.1 Å². The average Bonchev–Trinajstić information content (AvgIpc) is 2.83. The van der Waals surface area contributed by atoms with Crippen LogP contribution in [0.15, 0.2) is 30.5 Å². The van der Waals surface area contributed by atoms with Gasteiger partial charge in [0, 0.05) is 11.6 Å². The van der Waals surface area contributed by atoms with Crippen molar-refractivity contribution in [2.24, 2.45) is 0 Å². The molecule has 3 rings (SSSR count). The summed E-state index contributed by atoms with van der Waals surface area (Å²) in [6, 6.07) is 7.38. The van der Waals surface area contributed by atoms with Gasteiger partial charge in [0.15, 0.2) is 5.82 Å². The van der Waals surface area contributed by atoms with Gasteiger partial charge in [0.25, 0.3) is 0 Å². The zero-order valence-electron chi connectivity index (χ0n) is 11.6. The van der Waals surface area contributed by atoms with E-state index in [4.69, 9.17) is 0 Å². The molecule has 0 saturated heterocycles. The van der Waals surface area contributed by atoms with E-state index >= 15 is 0 Å². The van der Waals surface area contributed by atoms with Crippen LogP contribution in [0.5, 0.6) is 0 Å². The second-order valence-corrected chi connectivity index (χ2v) is 5.62. The van der Waals surface area contributed by atoms with Crippen LogP contribution < -0.4 is 0 Å². The maximum atomic E-state index is 13.1. The molecule has 2 heterocycles. The first-order valence-corrected chi connectivity index (χ1v) is 6.68. The lowest BCUT2D eigenvalue weighted by Gasteiger charge is -2.32. The largest absolute Gasteiger partial charge is 0.424 e. The molecule has 2 aromatic rings. The van der Waals surface area contributed by atoms with Crippen LogP contribution >= 0.6 is 0 Å². The minimum Gasteiger partial charge on any atom is -0.374 e. The second kappa shape index (κ2) is 4.34. The van der Waals surface area contributed by atoms with Gasteiger partial charge in [0.05, 0.1) is 11.9 Å². The van der Waals surface area contributed by atoms with Gasteiger partial charge >= 0.3 is 6.18 Å². The molecule has 1 N–H and O–H groups in total. The predicted octanol–water partition coefficient (Wildman–Crippen LogP) is 3.44. The molecule has 112 valence electrons. The monoisotopic (exact) mass is 296 g/mol. The number of benzene rings is 1. The zero-order chi connectivity index (χ0) is 15.4. The Labute approximate surface area is 120 Å². The van der Waals surface area contributed by atoms with E-state index in [-0.39, 0.29) is 11.9 Å². The summed E-state index contributed by atoms with van der Waals surface area (Å²) in [6.45, 7) is 2.58. The van der Waals surface area contributed by atoms with Crippen molar-refractivity contribution in [2.45, 2.75) is 38.1 Å². The van der Waals surface area contributed by atoms with Gasteiger partial charge < -0.3 is 9.67 Å². The van der Waals surface area contributed by atoms with Gasteiger partial charge in [-0.2, -0.15) is 13.2 Å². The average molecular weight is 296 g/mol. The Morgan fingerprint density at radius 1 is 1.29 bits per heavy atom. The normalized spacial score (nSPS) is 20.6. The Balaban J connectivity index is 2.21. The second-order valence-electron chi connectivity index (χ2n) is 5.62. The first kappa shape index (κ1) is 14.1. The van der Waals surface area contributed by atoms with E-state index in [1.807, 2.05) is 31.2 Å². The third kappa shape index (κ3) is 1.97. The van der Waals surface area contributed by atoms with Gasteiger partial charge in [-0.15, -0.1) is 0 Å². The zero-order valence-corrected chi connectivity index (χ0v) is 11.6. The number of fused-ring (bicyclic) bond motifs is 3. The van der Waals surface area contributed by atoms with Crippen molar-refractivity contribution in [3.63, 3.8) is 0 Å². The van der Waals surface area contributed by atoms with Gasteiger partial charge in [0.2, 0.25) is 5.60 Å². The summed E-state index contributed by atoms with van der Waals surface area (Å²) in [5, 5.41) is 9.92.